The highest BCUT2D eigenvalue weighted by Crippen LogP contribution is 2.35. The Morgan fingerprint density at radius 3 is 2.22 bits per heavy atom. The van der Waals surface area contributed by atoms with E-state index >= 15 is 0 Å². The Balaban J connectivity index is 2.34. The van der Waals surface area contributed by atoms with E-state index in [1.54, 1.807) is 12.1 Å². The van der Waals surface area contributed by atoms with Crippen molar-refractivity contribution in [2.24, 2.45) is 7.05 Å². The topological polar surface area (TPSA) is 50.7 Å². The van der Waals surface area contributed by atoms with Crippen LogP contribution in [0.5, 0.6) is 0 Å². The van der Waals surface area contributed by atoms with Crippen LogP contribution in [0.15, 0.2) is 35.1 Å². The Labute approximate surface area is 158 Å². The second kappa shape index (κ2) is 6.30. The van der Waals surface area contributed by atoms with E-state index in [1.165, 1.54) is 11.6 Å². The van der Waals surface area contributed by atoms with E-state index in [0.29, 0.717) is 5.56 Å². The summed E-state index contributed by atoms with van der Waals surface area (Å²) in [5.74, 6) is 0. The number of pyridine rings is 1. The molecule has 0 aliphatic carbocycles. The molecule has 142 valence electrons. The van der Waals surface area contributed by atoms with Gasteiger partial charge in [0.15, 0.2) is 4.77 Å². The van der Waals surface area contributed by atoms with E-state index in [0.717, 1.165) is 11.6 Å². The summed E-state index contributed by atoms with van der Waals surface area (Å²) in [5.41, 5.74) is -0.403. The summed E-state index contributed by atoms with van der Waals surface area (Å²) in [4.78, 5) is 18.7. The quantitative estimate of drug-likeness (QED) is 0.594. The summed E-state index contributed by atoms with van der Waals surface area (Å²) in [6.45, 7) is 6.15. The molecule has 0 aliphatic rings. The Kier molecular flexibility index (Phi) is 4.50. The van der Waals surface area contributed by atoms with Gasteiger partial charge in [-0.1, -0.05) is 45.0 Å². The molecule has 3 rings (SSSR count). The van der Waals surface area contributed by atoms with E-state index in [-0.39, 0.29) is 21.5 Å². The van der Waals surface area contributed by atoms with Crippen molar-refractivity contribution in [1.82, 2.24) is 14.5 Å². The number of hydrogen-bond donors (Lipinski definition) is 1. The van der Waals surface area contributed by atoms with E-state index in [1.807, 2.05) is 12.1 Å². The fourth-order valence-corrected chi connectivity index (χ4v) is 3.03. The molecule has 2 aromatic heterocycles. The molecular weight excluding hydrogens is 375 g/mol. The maximum atomic E-state index is 13.6. The van der Waals surface area contributed by atoms with Crippen molar-refractivity contribution >= 4 is 23.3 Å². The minimum Gasteiger partial charge on any atom is -0.306 e. The molecule has 0 amide bonds. The molecule has 4 nitrogen and oxygen atoms in total. The van der Waals surface area contributed by atoms with Crippen LogP contribution in [0.25, 0.3) is 22.3 Å². The molecule has 0 bridgehead atoms. The average Bonchev–Trinajstić information content (AvgIpc) is 2.57. The molecule has 0 atom stereocenters. The van der Waals surface area contributed by atoms with Crippen LogP contribution in [0.3, 0.4) is 0 Å². The average molecular weight is 393 g/mol. The fraction of sp³-hybridized carbons (Fsp3) is 0.316. The predicted molar refractivity (Wildman–Crippen MR) is 101 cm³/mol. The van der Waals surface area contributed by atoms with Crippen LogP contribution in [0.2, 0.25) is 0 Å². The van der Waals surface area contributed by atoms with Crippen molar-refractivity contribution in [2.75, 3.05) is 0 Å². The monoisotopic (exact) mass is 393 g/mol. The lowest BCUT2D eigenvalue weighted by Gasteiger charge is -2.19. The molecule has 27 heavy (non-hydrogen) atoms. The van der Waals surface area contributed by atoms with Gasteiger partial charge in [0.1, 0.15) is 5.65 Å². The van der Waals surface area contributed by atoms with Crippen LogP contribution < -0.4 is 5.56 Å². The molecule has 0 aliphatic heterocycles. The van der Waals surface area contributed by atoms with Gasteiger partial charge in [-0.15, -0.1) is 0 Å². The zero-order valence-electron chi connectivity index (χ0n) is 15.2. The minimum absolute atomic E-state index is 0.00774. The Morgan fingerprint density at radius 2 is 1.70 bits per heavy atom. The number of nitrogens with zero attached hydrogens (tertiary/aromatic N) is 2. The Hall–Kier alpha value is -2.48. The Morgan fingerprint density at radius 1 is 1.11 bits per heavy atom. The van der Waals surface area contributed by atoms with E-state index in [4.69, 9.17) is 12.2 Å². The second-order valence-electron chi connectivity index (χ2n) is 7.40. The van der Waals surface area contributed by atoms with Crippen LogP contribution in [-0.4, -0.2) is 14.5 Å². The molecule has 3 aromatic rings. The maximum Gasteiger partial charge on any atom is 0.417 e. The van der Waals surface area contributed by atoms with E-state index in [9.17, 15) is 18.0 Å². The number of rotatable bonds is 1. The number of aromatic amines is 1. The molecule has 0 unspecified atom stereocenters. The standard InChI is InChI=1S/C19H18F3N3OS/c1-18(2,3)11-7-5-10(6-8-11)13-9-12(19(20,21)22)14-15(23-13)25(4)17(27)24-16(14)26/h5-9H,1-4H3,(H,24,26,27). The summed E-state index contributed by atoms with van der Waals surface area (Å²) in [6.07, 6.45) is -4.70. The predicted octanol–water partition coefficient (Wildman–Crippen LogP) is 4.97. The highest BCUT2D eigenvalue weighted by Gasteiger charge is 2.35. The normalized spacial score (nSPS) is 12.6. The van der Waals surface area contributed by atoms with Crippen LogP contribution in [0.4, 0.5) is 13.2 Å². The first kappa shape index (κ1) is 19.3. The maximum absolute atomic E-state index is 13.6. The van der Waals surface area contributed by atoms with Crippen molar-refractivity contribution in [3.63, 3.8) is 0 Å². The van der Waals surface area contributed by atoms with Gasteiger partial charge in [0, 0.05) is 12.6 Å². The summed E-state index contributed by atoms with van der Waals surface area (Å²) < 4.78 is 42.2. The molecule has 0 saturated heterocycles. The highest BCUT2D eigenvalue weighted by molar-refractivity contribution is 7.71. The first-order chi connectivity index (χ1) is 12.4. The van der Waals surface area contributed by atoms with Gasteiger partial charge >= 0.3 is 6.18 Å². The lowest BCUT2D eigenvalue weighted by atomic mass is 9.86. The molecule has 1 aromatic carbocycles. The van der Waals surface area contributed by atoms with Crippen molar-refractivity contribution in [2.45, 2.75) is 32.4 Å². The third kappa shape index (κ3) is 3.53. The molecule has 0 radical (unpaired) electrons. The van der Waals surface area contributed by atoms with Crippen LogP contribution in [-0.2, 0) is 18.6 Å². The number of benzene rings is 1. The van der Waals surface area contributed by atoms with Crippen LogP contribution in [0.1, 0.15) is 31.9 Å². The van der Waals surface area contributed by atoms with Gasteiger partial charge in [-0.3, -0.25) is 9.78 Å². The number of aryl methyl sites for hydroxylation is 1. The van der Waals surface area contributed by atoms with Gasteiger partial charge in [-0.25, -0.2) is 4.98 Å². The van der Waals surface area contributed by atoms with Crippen molar-refractivity contribution in [3.8, 4) is 11.3 Å². The lowest BCUT2D eigenvalue weighted by Crippen LogP contribution is -2.19. The minimum atomic E-state index is -4.70. The van der Waals surface area contributed by atoms with Gasteiger partial charge in [0.25, 0.3) is 5.56 Å². The summed E-state index contributed by atoms with van der Waals surface area (Å²) in [5, 5.41) is -0.520. The van der Waals surface area contributed by atoms with Gasteiger partial charge in [-0.05, 0) is 29.3 Å². The van der Waals surface area contributed by atoms with Gasteiger partial charge in [-0.2, -0.15) is 13.2 Å². The van der Waals surface area contributed by atoms with E-state index < -0.39 is 22.7 Å². The second-order valence-corrected chi connectivity index (χ2v) is 7.78. The molecule has 0 spiro atoms. The van der Waals surface area contributed by atoms with Crippen molar-refractivity contribution in [1.29, 1.82) is 0 Å². The summed E-state index contributed by atoms with van der Waals surface area (Å²) in [7, 11) is 1.47. The smallest absolute Gasteiger partial charge is 0.306 e. The molecular formula is C19H18F3N3OS. The molecule has 0 saturated carbocycles. The molecule has 1 N–H and O–H groups in total. The largest absolute Gasteiger partial charge is 0.417 e. The molecule has 2 heterocycles. The van der Waals surface area contributed by atoms with Crippen LogP contribution in [0, 0.1) is 4.77 Å². The number of fused-ring (bicyclic) bond motifs is 1. The number of hydrogen-bond acceptors (Lipinski definition) is 3. The molecule has 8 heteroatoms. The van der Waals surface area contributed by atoms with Crippen molar-refractivity contribution < 1.29 is 13.2 Å². The third-order valence-electron chi connectivity index (χ3n) is 4.42. The number of halogens is 3. The first-order valence-electron chi connectivity index (χ1n) is 8.22. The zero-order valence-corrected chi connectivity index (χ0v) is 16.0. The van der Waals surface area contributed by atoms with Crippen LogP contribution >= 0.6 is 12.2 Å². The van der Waals surface area contributed by atoms with Gasteiger partial charge in [0.05, 0.1) is 16.6 Å². The lowest BCUT2D eigenvalue weighted by molar-refractivity contribution is -0.136. The highest BCUT2D eigenvalue weighted by atomic mass is 32.1. The van der Waals surface area contributed by atoms with E-state index in [2.05, 4.69) is 30.7 Å². The zero-order chi connectivity index (χ0) is 20.1. The van der Waals surface area contributed by atoms with Crippen molar-refractivity contribution in [3.05, 3.63) is 56.6 Å². The SMILES string of the molecule is Cn1c(=S)[nH]c(=O)c2c(C(F)(F)F)cc(-c3ccc(C(C)(C)C)cc3)nc21. The number of H-pyrrole nitrogens is 1. The third-order valence-corrected chi connectivity index (χ3v) is 4.80. The van der Waals surface area contributed by atoms with Gasteiger partial charge in [0.2, 0.25) is 0 Å². The molecule has 0 fully saturated rings. The van der Waals surface area contributed by atoms with Gasteiger partial charge < -0.3 is 4.57 Å². The first-order valence-corrected chi connectivity index (χ1v) is 8.62. The number of aromatic nitrogens is 3. The fourth-order valence-electron chi connectivity index (χ4n) is 2.85. The summed E-state index contributed by atoms with van der Waals surface area (Å²) in [6, 6.07) is 8.11. The Bertz CT molecular complexity index is 1140. The summed E-state index contributed by atoms with van der Waals surface area (Å²) >= 11 is 5.01. The number of nitrogens with one attached hydrogen (secondary N) is 1. The number of alkyl halides is 3.